The Kier molecular flexibility index (Phi) is 6.21. The molecule has 0 amide bonds. The largest absolute Gasteiger partial charge is 0.334 e. The van der Waals surface area contributed by atoms with Gasteiger partial charge in [0.2, 0.25) is 0 Å². The van der Waals surface area contributed by atoms with E-state index in [2.05, 4.69) is 172 Å². The molecule has 0 spiro atoms. The van der Waals surface area contributed by atoms with Crippen molar-refractivity contribution in [2.75, 3.05) is 4.90 Å². The van der Waals surface area contributed by atoms with Crippen molar-refractivity contribution < 1.29 is 0 Å². The maximum absolute atomic E-state index is 2.75. The molecular formula is C49H43N. The first-order valence-corrected chi connectivity index (χ1v) is 18.5. The molecule has 1 heterocycles. The molecule has 1 heteroatoms. The molecule has 10 rings (SSSR count). The highest BCUT2D eigenvalue weighted by molar-refractivity contribution is 6.28. The Hall–Kier alpha value is -5.14. The van der Waals surface area contributed by atoms with Crippen molar-refractivity contribution in [3.8, 4) is 22.3 Å². The van der Waals surface area contributed by atoms with Crippen LogP contribution in [0, 0.1) is 5.41 Å². The highest BCUT2D eigenvalue weighted by atomic mass is 15.3. The van der Waals surface area contributed by atoms with Crippen LogP contribution in [-0.2, 0) is 5.41 Å². The van der Waals surface area contributed by atoms with E-state index < -0.39 is 0 Å². The molecule has 1 aliphatic carbocycles. The van der Waals surface area contributed by atoms with Gasteiger partial charge in [-0.25, -0.2) is 0 Å². The first-order valence-electron chi connectivity index (χ1n) is 18.5. The van der Waals surface area contributed by atoms with Crippen molar-refractivity contribution in [1.29, 1.82) is 0 Å². The monoisotopic (exact) mass is 645 g/mol. The summed E-state index contributed by atoms with van der Waals surface area (Å²) in [6.07, 6.45) is 4.95. The van der Waals surface area contributed by atoms with Crippen molar-refractivity contribution in [3.05, 3.63) is 145 Å². The van der Waals surface area contributed by atoms with Crippen LogP contribution in [0.25, 0.3) is 65.3 Å². The number of nitrogens with zero attached hydrogens (tertiary/aromatic N) is 1. The fraction of sp³-hybridized carbons (Fsp3) is 0.224. The molecule has 50 heavy (non-hydrogen) atoms. The zero-order chi connectivity index (χ0) is 33.8. The molecule has 0 bridgehead atoms. The predicted octanol–water partition coefficient (Wildman–Crippen LogP) is 13.8. The number of anilines is 2. The molecule has 1 nitrogen and oxygen atoms in total. The molecule has 0 radical (unpaired) electrons. The van der Waals surface area contributed by atoms with E-state index in [-0.39, 0.29) is 16.4 Å². The minimum Gasteiger partial charge on any atom is -0.334 e. The number of benzene rings is 8. The number of fused-ring (bicyclic) bond motifs is 4. The predicted molar refractivity (Wildman–Crippen MR) is 215 cm³/mol. The van der Waals surface area contributed by atoms with Crippen LogP contribution >= 0.6 is 0 Å². The quantitative estimate of drug-likeness (QED) is 0.173. The van der Waals surface area contributed by atoms with E-state index in [0.717, 1.165) is 0 Å². The molecule has 1 aliphatic heterocycles. The summed E-state index contributed by atoms with van der Waals surface area (Å²) in [4.78, 5) is 2.75. The van der Waals surface area contributed by atoms with Crippen LogP contribution in [0.15, 0.2) is 140 Å². The van der Waals surface area contributed by atoms with Crippen LogP contribution in [0.4, 0.5) is 11.4 Å². The second kappa shape index (κ2) is 10.4. The lowest BCUT2D eigenvalue weighted by Crippen LogP contribution is -2.64. The molecule has 8 aromatic rings. The summed E-state index contributed by atoms with van der Waals surface area (Å²) in [5.41, 5.74) is 9.54. The van der Waals surface area contributed by atoms with E-state index in [1.807, 2.05) is 0 Å². The number of hydrogen-bond donors (Lipinski definition) is 0. The van der Waals surface area contributed by atoms with Crippen LogP contribution in [-0.4, -0.2) is 5.54 Å². The highest BCUT2D eigenvalue weighted by Gasteiger charge is 2.65. The van der Waals surface area contributed by atoms with Gasteiger partial charge in [-0.05, 0) is 113 Å². The van der Waals surface area contributed by atoms with Gasteiger partial charge in [-0.15, -0.1) is 0 Å². The Morgan fingerprint density at radius 2 is 1.14 bits per heavy atom. The molecule has 1 fully saturated rings. The Morgan fingerprint density at radius 3 is 1.90 bits per heavy atom. The Balaban J connectivity index is 1.21. The van der Waals surface area contributed by atoms with Gasteiger partial charge in [-0.2, -0.15) is 0 Å². The lowest BCUT2D eigenvalue weighted by molar-refractivity contribution is 0.0608. The van der Waals surface area contributed by atoms with Crippen LogP contribution in [0.1, 0.15) is 58.9 Å². The number of para-hydroxylation sites is 1. The van der Waals surface area contributed by atoms with Gasteiger partial charge in [0.1, 0.15) is 0 Å². The minimum atomic E-state index is -0.0127. The molecule has 2 atom stereocenters. The maximum Gasteiger partial charge on any atom is 0.0594 e. The van der Waals surface area contributed by atoms with Crippen LogP contribution in [0.3, 0.4) is 0 Å². The topological polar surface area (TPSA) is 3.24 Å². The summed E-state index contributed by atoms with van der Waals surface area (Å²) in [5, 5.41) is 10.6. The fourth-order valence-electron chi connectivity index (χ4n) is 10.8. The third-order valence-corrected chi connectivity index (χ3v) is 12.9. The molecule has 1 saturated carbocycles. The van der Waals surface area contributed by atoms with Crippen LogP contribution in [0.2, 0.25) is 0 Å². The average Bonchev–Trinajstić information content (AvgIpc) is 3.39. The molecule has 2 unspecified atom stereocenters. The van der Waals surface area contributed by atoms with Gasteiger partial charge in [-0.1, -0.05) is 156 Å². The summed E-state index contributed by atoms with van der Waals surface area (Å²) in [6, 6.07) is 52.9. The van der Waals surface area contributed by atoms with Gasteiger partial charge in [0.15, 0.2) is 0 Å². The third kappa shape index (κ3) is 3.84. The van der Waals surface area contributed by atoms with Gasteiger partial charge < -0.3 is 4.90 Å². The first-order chi connectivity index (χ1) is 24.3. The summed E-state index contributed by atoms with van der Waals surface area (Å²) in [7, 11) is 0. The van der Waals surface area contributed by atoms with Crippen molar-refractivity contribution in [2.45, 2.75) is 64.3 Å². The van der Waals surface area contributed by atoms with Crippen molar-refractivity contribution >= 4 is 54.5 Å². The third-order valence-electron chi connectivity index (χ3n) is 12.9. The van der Waals surface area contributed by atoms with Crippen molar-refractivity contribution in [3.63, 3.8) is 0 Å². The lowest BCUT2D eigenvalue weighted by Gasteiger charge is -2.59. The van der Waals surface area contributed by atoms with E-state index in [4.69, 9.17) is 0 Å². The molecule has 0 saturated heterocycles. The Labute approximate surface area is 295 Å². The summed E-state index contributed by atoms with van der Waals surface area (Å²) in [5.74, 6) is 0. The highest BCUT2D eigenvalue weighted by Crippen LogP contribution is 2.66. The second-order valence-corrected chi connectivity index (χ2v) is 16.2. The van der Waals surface area contributed by atoms with Gasteiger partial charge in [0.05, 0.1) is 5.54 Å². The fourth-order valence-corrected chi connectivity index (χ4v) is 10.8. The summed E-state index contributed by atoms with van der Waals surface area (Å²) < 4.78 is 0. The smallest absolute Gasteiger partial charge is 0.0594 e. The molecular weight excluding hydrogens is 603 g/mol. The maximum atomic E-state index is 2.75. The van der Waals surface area contributed by atoms with Gasteiger partial charge in [0.25, 0.3) is 0 Å². The standard InChI is InChI=1S/C49H43N/c1-47(2,3)49-30-11-10-29-48(49,4)43-31-35(23-28-44(43)50(49)36-15-6-5-7-16-36)38-24-19-33-22-27-42-40(25-20-34-21-26-41(38)45(33)46(34)42)39-18-12-14-32-13-8-9-17-37(32)39/h5-9,12-28,31H,10-11,29-30H2,1-4H3. The van der Waals surface area contributed by atoms with E-state index in [0.29, 0.717) is 0 Å². The van der Waals surface area contributed by atoms with Crippen LogP contribution < -0.4 is 4.90 Å². The van der Waals surface area contributed by atoms with Crippen molar-refractivity contribution in [2.24, 2.45) is 5.41 Å². The number of rotatable bonds is 3. The summed E-state index contributed by atoms with van der Waals surface area (Å²) >= 11 is 0. The molecule has 2 aliphatic rings. The zero-order valence-corrected chi connectivity index (χ0v) is 29.6. The molecule has 0 aromatic heterocycles. The average molecular weight is 646 g/mol. The first kappa shape index (κ1) is 29.7. The minimum absolute atomic E-state index is 0.0127. The molecule has 8 aromatic carbocycles. The van der Waals surface area contributed by atoms with Gasteiger partial charge in [-0.3, -0.25) is 0 Å². The van der Waals surface area contributed by atoms with Gasteiger partial charge in [0, 0.05) is 16.8 Å². The van der Waals surface area contributed by atoms with Crippen LogP contribution in [0.5, 0.6) is 0 Å². The molecule has 244 valence electrons. The van der Waals surface area contributed by atoms with E-state index in [9.17, 15) is 0 Å². The molecule has 0 N–H and O–H groups in total. The van der Waals surface area contributed by atoms with E-state index in [1.165, 1.54) is 108 Å². The van der Waals surface area contributed by atoms with Gasteiger partial charge >= 0.3 is 0 Å². The second-order valence-electron chi connectivity index (χ2n) is 16.2. The summed E-state index contributed by atoms with van der Waals surface area (Å²) in [6.45, 7) is 10.0. The Bertz CT molecular complexity index is 2600. The SMILES string of the molecule is CC(C)(C)C12CCCCC1(C)c1cc(-c3ccc4ccc5c(-c6cccc7ccccc67)ccc6ccc3c4c65)ccc1N2c1ccccc1. The van der Waals surface area contributed by atoms with E-state index in [1.54, 1.807) is 0 Å². The lowest BCUT2D eigenvalue weighted by atomic mass is 9.52. The number of hydrogen-bond acceptors (Lipinski definition) is 1. The van der Waals surface area contributed by atoms with E-state index >= 15 is 0 Å². The Morgan fingerprint density at radius 1 is 0.520 bits per heavy atom. The van der Waals surface area contributed by atoms with Crippen molar-refractivity contribution in [1.82, 2.24) is 0 Å². The normalized spacial score (nSPS) is 20.6. The zero-order valence-electron chi connectivity index (χ0n) is 29.6.